The number of hydrogen-bond acceptors (Lipinski definition) is 3. The Labute approximate surface area is 85.3 Å². The number of alkyl halides is 3. The van der Waals surface area contributed by atoms with Gasteiger partial charge in [-0.25, -0.2) is 0 Å². The van der Waals surface area contributed by atoms with E-state index in [2.05, 4.69) is 47.8 Å². The van der Waals surface area contributed by atoms with Gasteiger partial charge in [0.05, 0.1) is 16.5 Å². The first-order valence-corrected chi connectivity index (χ1v) is 5.74. The Balaban J connectivity index is 3.30. The molecule has 0 unspecified atom stereocenters. The standard InChI is InChI=1S/C3H6BBr3O3/c5-1-8-4(9-2-6)10-3-7/h1-3H2. The summed E-state index contributed by atoms with van der Waals surface area (Å²) in [7, 11) is -0.613. The predicted octanol–water partition coefficient (Wildman–Crippen LogP) is 2.08. The van der Waals surface area contributed by atoms with Crippen LogP contribution < -0.4 is 0 Å². The summed E-state index contributed by atoms with van der Waals surface area (Å²) in [6.07, 6.45) is 0. The molecule has 60 valence electrons. The van der Waals surface area contributed by atoms with Gasteiger partial charge >= 0.3 is 7.32 Å². The van der Waals surface area contributed by atoms with Gasteiger partial charge in [-0.3, -0.25) is 0 Å². The lowest BCUT2D eigenvalue weighted by atomic mass is 10.2. The van der Waals surface area contributed by atoms with E-state index in [9.17, 15) is 0 Å². The lowest BCUT2D eigenvalue weighted by molar-refractivity contribution is 0.149. The molecule has 0 spiro atoms. The summed E-state index contributed by atoms with van der Waals surface area (Å²) in [5, 5.41) is 0. The van der Waals surface area contributed by atoms with Gasteiger partial charge < -0.3 is 14.0 Å². The maximum atomic E-state index is 4.94. The highest BCUT2D eigenvalue weighted by molar-refractivity contribution is 9.09. The van der Waals surface area contributed by atoms with Crippen molar-refractivity contribution in [2.24, 2.45) is 0 Å². The zero-order valence-electron chi connectivity index (χ0n) is 5.06. The highest BCUT2D eigenvalue weighted by Crippen LogP contribution is 1.98. The molecule has 0 heterocycles. The topological polar surface area (TPSA) is 27.7 Å². The van der Waals surface area contributed by atoms with Gasteiger partial charge in [-0.05, 0) is 0 Å². The molecule has 0 rings (SSSR count). The van der Waals surface area contributed by atoms with E-state index >= 15 is 0 Å². The Kier molecular flexibility index (Phi) is 9.66. The largest absolute Gasteiger partial charge is 0.641 e. The molecule has 3 nitrogen and oxygen atoms in total. The molecule has 0 radical (unpaired) electrons. The molecule has 0 aliphatic carbocycles. The van der Waals surface area contributed by atoms with Crippen molar-refractivity contribution in [1.82, 2.24) is 0 Å². The third-order valence-electron chi connectivity index (χ3n) is 0.597. The average Bonchev–Trinajstić information content (AvgIpc) is 1.90. The Bertz CT molecular complexity index is 61.7. The van der Waals surface area contributed by atoms with Gasteiger partial charge in [0.2, 0.25) is 0 Å². The lowest BCUT2D eigenvalue weighted by Gasteiger charge is -2.08. The zero-order chi connectivity index (χ0) is 7.82. The Morgan fingerprint density at radius 2 is 1.10 bits per heavy atom. The molecule has 0 N–H and O–H groups in total. The quantitative estimate of drug-likeness (QED) is 0.547. The van der Waals surface area contributed by atoms with Gasteiger partial charge in [0.15, 0.2) is 0 Å². The molecule has 0 aromatic heterocycles. The van der Waals surface area contributed by atoms with Crippen LogP contribution in [0.2, 0.25) is 0 Å². The number of hydrogen-bond donors (Lipinski definition) is 0. The first kappa shape index (κ1) is 11.4. The molecule has 0 aliphatic rings. The first-order valence-electron chi connectivity index (χ1n) is 2.37. The predicted molar refractivity (Wildman–Crippen MR) is 50.4 cm³/mol. The minimum absolute atomic E-state index is 0.387. The third-order valence-corrected chi connectivity index (χ3v) is 1.39. The van der Waals surface area contributed by atoms with Gasteiger partial charge in [0.25, 0.3) is 0 Å². The van der Waals surface area contributed by atoms with Crippen LogP contribution in [0.15, 0.2) is 0 Å². The molecular weight excluding hydrogens is 335 g/mol. The number of rotatable bonds is 6. The fourth-order valence-corrected chi connectivity index (χ4v) is 0.946. The van der Waals surface area contributed by atoms with Crippen molar-refractivity contribution in [2.45, 2.75) is 0 Å². The molecule has 0 fully saturated rings. The van der Waals surface area contributed by atoms with Crippen LogP contribution in [0, 0.1) is 0 Å². The van der Waals surface area contributed by atoms with E-state index in [0.29, 0.717) is 16.5 Å². The fourth-order valence-electron chi connectivity index (χ4n) is 0.299. The van der Waals surface area contributed by atoms with E-state index in [-0.39, 0.29) is 0 Å². The molecule has 0 aliphatic heterocycles. The first-order chi connectivity index (χ1) is 4.85. The van der Waals surface area contributed by atoms with E-state index in [1.165, 1.54) is 0 Å². The smallest absolute Gasteiger partial charge is 0.376 e. The Morgan fingerprint density at radius 1 is 0.800 bits per heavy atom. The second kappa shape index (κ2) is 8.48. The Hall–Kier alpha value is 1.38. The van der Waals surface area contributed by atoms with Crippen LogP contribution in [0.4, 0.5) is 0 Å². The zero-order valence-corrected chi connectivity index (χ0v) is 9.82. The summed E-state index contributed by atoms with van der Waals surface area (Å²) in [5.41, 5.74) is 1.16. The highest BCUT2D eigenvalue weighted by Gasteiger charge is 2.18. The second-order valence-corrected chi connectivity index (χ2v) is 2.49. The summed E-state index contributed by atoms with van der Waals surface area (Å²) >= 11 is 9.23. The van der Waals surface area contributed by atoms with Crippen molar-refractivity contribution in [1.29, 1.82) is 0 Å². The molecular formula is C3H6BBr3O3. The molecule has 0 saturated carbocycles. The molecule has 0 saturated heterocycles. The van der Waals surface area contributed by atoms with Crippen LogP contribution >= 0.6 is 47.8 Å². The van der Waals surface area contributed by atoms with E-state index < -0.39 is 7.32 Å². The molecule has 0 aromatic carbocycles. The second-order valence-electron chi connectivity index (χ2n) is 1.12. The summed E-state index contributed by atoms with van der Waals surface area (Å²) in [6.45, 7) is 0. The average molecular weight is 341 g/mol. The maximum Gasteiger partial charge on any atom is 0.641 e. The van der Waals surface area contributed by atoms with E-state index in [1.54, 1.807) is 0 Å². The van der Waals surface area contributed by atoms with E-state index in [1.807, 2.05) is 0 Å². The molecule has 0 atom stereocenters. The van der Waals surface area contributed by atoms with Gasteiger partial charge in [0, 0.05) is 0 Å². The van der Waals surface area contributed by atoms with Crippen molar-refractivity contribution < 1.29 is 14.0 Å². The Morgan fingerprint density at radius 3 is 1.30 bits per heavy atom. The molecule has 0 amide bonds. The third kappa shape index (κ3) is 6.12. The van der Waals surface area contributed by atoms with Gasteiger partial charge in [-0.15, -0.1) is 0 Å². The van der Waals surface area contributed by atoms with Crippen LogP contribution in [-0.4, -0.2) is 23.9 Å². The van der Waals surface area contributed by atoms with Gasteiger partial charge in [-0.1, -0.05) is 47.8 Å². The van der Waals surface area contributed by atoms with Crippen molar-refractivity contribution in [3.8, 4) is 0 Å². The minimum Gasteiger partial charge on any atom is -0.376 e. The van der Waals surface area contributed by atoms with Crippen molar-refractivity contribution in [3.05, 3.63) is 0 Å². The maximum absolute atomic E-state index is 4.94. The normalized spacial score (nSPS) is 9.90. The summed E-state index contributed by atoms with van der Waals surface area (Å²) < 4.78 is 14.8. The molecule has 7 heteroatoms. The van der Waals surface area contributed by atoms with E-state index in [4.69, 9.17) is 14.0 Å². The number of halogens is 3. The minimum atomic E-state index is -0.613. The summed E-state index contributed by atoms with van der Waals surface area (Å²) in [6, 6.07) is 0. The van der Waals surface area contributed by atoms with Crippen molar-refractivity contribution in [3.63, 3.8) is 0 Å². The summed E-state index contributed by atoms with van der Waals surface area (Å²) in [5.74, 6) is 0. The fraction of sp³-hybridized carbons (Fsp3) is 1.00. The van der Waals surface area contributed by atoms with Crippen molar-refractivity contribution >= 4 is 55.1 Å². The van der Waals surface area contributed by atoms with Crippen LogP contribution in [0.3, 0.4) is 0 Å². The molecule has 0 aromatic rings. The van der Waals surface area contributed by atoms with Crippen LogP contribution in [-0.2, 0) is 14.0 Å². The monoisotopic (exact) mass is 338 g/mol. The van der Waals surface area contributed by atoms with Crippen LogP contribution in [0.5, 0.6) is 0 Å². The van der Waals surface area contributed by atoms with Gasteiger partial charge in [-0.2, -0.15) is 0 Å². The summed E-state index contributed by atoms with van der Waals surface area (Å²) in [4.78, 5) is 0. The van der Waals surface area contributed by atoms with Crippen LogP contribution in [0.25, 0.3) is 0 Å². The van der Waals surface area contributed by atoms with Crippen molar-refractivity contribution in [2.75, 3.05) is 16.5 Å². The molecule has 10 heavy (non-hydrogen) atoms. The molecule has 0 bridgehead atoms. The SMILES string of the molecule is BrCOB(OCBr)OCBr. The van der Waals surface area contributed by atoms with E-state index in [0.717, 1.165) is 0 Å². The lowest BCUT2D eigenvalue weighted by Crippen LogP contribution is -2.25. The highest BCUT2D eigenvalue weighted by atomic mass is 79.9. The van der Waals surface area contributed by atoms with Gasteiger partial charge in [0.1, 0.15) is 0 Å². The van der Waals surface area contributed by atoms with Crippen LogP contribution in [0.1, 0.15) is 0 Å².